The molecule has 128 valence electrons. The fourth-order valence-electron chi connectivity index (χ4n) is 2.15. The molecule has 0 aromatic heterocycles. The zero-order valence-corrected chi connectivity index (χ0v) is 17.5. The molecule has 1 fully saturated rings. The molecule has 0 amide bonds. The summed E-state index contributed by atoms with van der Waals surface area (Å²) in [6, 6.07) is 0. The van der Waals surface area contributed by atoms with Crippen molar-refractivity contribution >= 4 is 15.4 Å². The summed E-state index contributed by atoms with van der Waals surface area (Å²) in [5.41, 5.74) is 0.497. The summed E-state index contributed by atoms with van der Waals surface area (Å²) in [6.07, 6.45) is 2.21. The van der Waals surface area contributed by atoms with Crippen molar-refractivity contribution < 1.29 is 13.7 Å². The maximum Gasteiger partial charge on any atom is 0.490 e. The molecular formula is C17H35BO3Si. The summed E-state index contributed by atoms with van der Waals surface area (Å²) in [6.45, 7) is 23.8. The van der Waals surface area contributed by atoms with E-state index in [1.807, 2.05) is 0 Å². The third-order valence-electron chi connectivity index (χ3n) is 5.41. The Morgan fingerprint density at radius 3 is 1.86 bits per heavy atom. The Bertz CT molecular complexity index is 420. The number of rotatable bonds is 4. The van der Waals surface area contributed by atoms with Crippen LogP contribution in [-0.4, -0.2) is 32.7 Å². The van der Waals surface area contributed by atoms with Crippen molar-refractivity contribution in [2.45, 2.75) is 97.8 Å². The van der Waals surface area contributed by atoms with Gasteiger partial charge in [0.1, 0.15) is 0 Å². The van der Waals surface area contributed by atoms with Gasteiger partial charge < -0.3 is 13.7 Å². The predicted octanol–water partition coefficient (Wildman–Crippen LogP) is 4.97. The molecule has 1 aliphatic rings. The Balaban J connectivity index is 2.78. The summed E-state index contributed by atoms with van der Waals surface area (Å²) in [5, 5.41) is 0.216. The first-order valence-corrected chi connectivity index (χ1v) is 11.2. The highest BCUT2D eigenvalue weighted by Crippen LogP contribution is 2.39. The van der Waals surface area contributed by atoms with E-state index in [-0.39, 0.29) is 29.5 Å². The minimum atomic E-state index is -1.76. The molecule has 22 heavy (non-hydrogen) atoms. The maximum absolute atomic E-state index is 6.39. The van der Waals surface area contributed by atoms with Crippen LogP contribution in [0.15, 0.2) is 11.5 Å². The fourth-order valence-corrected chi connectivity index (χ4v) is 3.50. The Hall–Kier alpha value is -0.0982. The van der Waals surface area contributed by atoms with E-state index >= 15 is 0 Å². The topological polar surface area (TPSA) is 27.7 Å². The summed E-state index contributed by atoms with van der Waals surface area (Å²) < 4.78 is 18.6. The van der Waals surface area contributed by atoms with Crippen molar-refractivity contribution in [2.24, 2.45) is 0 Å². The van der Waals surface area contributed by atoms with Gasteiger partial charge in [-0.05, 0) is 65.1 Å². The largest absolute Gasteiger partial charge is 0.490 e. The standard InChI is InChI=1S/C17H35BO3Si/c1-13(18-20-16(6,7)17(8,9)21-18)12-14(2)19-22(10,11)15(3,4)5/h12,14H,1-11H3/b13-12+/t14-/m0/s1. The minimum Gasteiger partial charge on any atom is -0.411 e. The molecule has 0 radical (unpaired) electrons. The van der Waals surface area contributed by atoms with Gasteiger partial charge in [-0.25, -0.2) is 0 Å². The molecule has 1 saturated heterocycles. The summed E-state index contributed by atoms with van der Waals surface area (Å²) in [5.74, 6) is 0. The zero-order chi connectivity index (χ0) is 17.6. The highest BCUT2D eigenvalue weighted by Gasteiger charge is 2.51. The average Bonchev–Trinajstić information content (AvgIpc) is 2.45. The second-order valence-electron chi connectivity index (χ2n) is 9.08. The highest BCUT2D eigenvalue weighted by atomic mass is 28.4. The van der Waals surface area contributed by atoms with Crippen molar-refractivity contribution in [3.8, 4) is 0 Å². The lowest BCUT2D eigenvalue weighted by molar-refractivity contribution is 0.00578. The monoisotopic (exact) mass is 326 g/mol. The lowest BCUT2D eigenvalue weighted by atomic mass is 9.79. The first-order valence-electron chi connectivity index (χ1n) is 8.31. The molecule has 0 N–H and O–H groups in total. The fraction of sp³-hybridized carbons (Fsp3) is 0.882. The normalized spacial score (nSPS) is 23.8. The minimum absolute atomic E-state index is 0.0694. The van der Waals surface area contributed by atoms with E-state index in [1.165, 1.54) is 0 Å². The number of allylic oxidation sites excluding steroid dienone is 1. The van der Waals surface area contributed by atoms with Gasteiger partial charge in [-0.15, -0.1) is 0 Å². The molecule has 0 saturated carbocycles. The van der Waals surface area contributed by atoms with Crippen molar-refractivity contribution in [3.63, 3.8) is 0 Å². The van der Waals surface area contributed by atoms with E-state index in [2.05, 4.69) is 81.5 Å². The van der Waals surface area contributed by atoms with Crippen LogP contribution in [0.1, 0.15) is 62.3 Å². The van der Waals surface area contributed by atoms with Gasteiger partial charge in [-0.2, -0.15) is 0 Å². The molecule has 0 aromatic carbocycles. The summed E-state index contributed by atoms with van der Waals surface area (Å²) >= 11 is 0. The molecule has 3 nitrogen and oxygen atoms in total. The van der Waals surface area contributed by atoms with Crippen LogP contribution in [0.4, 0.5) is 0 Å². The van der Waals surface area contributed by atoms with Crippen LogP contribution in [0.25, 0.3) is 0 Å². The average molecular weight is 326 g/mol. The molecule has 0 spiro atoms. The Morgan fingerprint density at radius 2 is 1.50 bits per heavy atom. The molecule has 0 aliphatic carbocycles. The van der Waals surface area contributed by atoms with Crippen molar-refractivity contribution in [2.75, 3.05) is 0 Å². The molecule has 0 aromatic rings. The van der Waals surface area contributed by atoms with Gasteiger partial charge in [0.15, 0.2) is 8.32 Å². The summed E-state index contributed by atoms with van der Waals surface area (Å²) in [4.78, 5) is 0. The zero-order valence-electron chi connectivity index (χ0n) is 16.5. The molecular weight excluding hydrogens is 291 g/mol. The molecule has 1 rings (SSSR count). The Labute approximate surface area is 139 Å². The van der Waals surface area contributed by atoms with Crippen molar-refractivity contribution in [1.82, 2.24) is 0 Å². The lowest BCUT2D eigenvalue weighted by Crippen LogP contribution is -2.43. The van der Waals surface area contributed by atoms with Crippen LogP contribution in [-0.2, 0) is 13.7 Å². The van der Waals surface area contributed by atoms with Gasteiger partial charge in [0, 0.05) is 0 Å². The molecule has 0 bridgehead atoms. The van der Waals surface area contributed by atoms with E-state index in [4.69, 9.17) is 13.7 Å². The van der Waals surface area contributed by atoms with Gasteiger partial charge in [0.05, 0.1) is 17.3 Å². The van der Waals surface area contributed by atoms with Gasteiger partial charge >= 0.3 is 7.12 Å². The second kappa shape index (κ2) is 6.08. The van der Waals surface area contributed by atoms with Gasteiger partial charge in [-0.3, -0.25) is 0 Å². The molecule has 1 aliphatic heterocycles. The quantitative estimate of drug-likeness (QED) is 0.682. The summed E-state index contributed by atoms with van der Waals surface area (Å²) in [7, 11) is -2.04. The second-order valence-corrected chi connectivity index (χ2v) is 13.8. The lowest BCUT2D eigenvalue weighted by Gasteiger charge is -2.38. The highest BCUT2D eigenvalue weighted by molar-refractivity contribution is 6.74. The van der Waals surface area contributed by atoms with Gasteiger partial charge in [0.25, 0.3) is 0 Å². The van der Waals surface area contributed by atoms with Crippen LogP contribution in [0.5, 0.6) is 0 Å². The molecule has 1 heterocycles. The van der Waals surface area contributed by atoms with E-state index < -0.39 is 8.32 Å². The molecule has 5 heteroatoms. The SMILES string of the molecule is C/C(=C\[C@H](C)O[Si](C)(C)C(C)(C)C)B1OC(C)(C)C(C)(C)O1. The third-order valence-corrected chi connectivity index (χ3v) is 9.98. The first-order chi connectivity index (χ1) is 9.59. The Morgan fingerprint density at radius 1 is 1.09 bits per heavy atom. The number of hydrogen-bond acceptors (Lipinski definition) is 3. The van der Waals surface area contributed by atoms with Gasteiger partial charge in [-0.1, -0.05) is 26.8 Å². The van der Waals surface area contributed by atoms with Crippen LogP contribution in [0, 0.1) is 0 Å². The van der Waals surface area contributed by atoms with Crippen LogP contribution >= 0.6 is 0 Å². The van der Waals surface area contributed by atoms with E-state index in [1.54, 1.807) is 0 Å². The van der Waals surface area contributed by atoms with Gasteiger partial charge in [0.2, 0.25) is 0 Å². The molecule has 0 unspecified atom stereocenters. The smallest absolute Gasteiger partial charge is 0.411 e. The van der Waals surface area contributed by atoms with Crippen molar-refractivity contribution in [1.29, 1.82) is 0 Å². The van der Waals surface area contributed by atoms with Crippen LogP contribution in [0.2, 0.25) is 18.1 Å². The third kappa shape index (κ3) is 4.25. The van der Waals surface area contributed by atoms with Crippen molar-refractivity contribution in [3.05, 3.63) is 11.5 Å². The molecule has 1 atom stereocenters. The predicted molar refractivity (Wildman–Crippen MR) is 97.6 cm³/mol. The van der Waals surface area contributed by atoms with E-state index in [0.29, 0.717) is 0 Å². The van der Waals surface area contributed by atoms with E-state index in [9.17, 15) is 0 Å². The van der Waals surface area contributed by atoms with Crippen LogP contribution in [0.3, 0.4) is 0 Å². The number of hydrogen-bond donors (Lipinski definition) is 0. The first kappa shape index (κ1) is 19.9. The van der Waals surface area contributed by atoms with Crippen LogP contribution < -0.4 is 0 Å². The maximum atomic E-state index is 6.39. The van der Waals surface area contributed by atoms with E-state index in [0.717, 1.165) is 5.47 Å². The Kier molecular flexibility index (Phi) is 5.51.